The quantitative estimate of drug-likeness (QED) is 0.321. The van der Waals surface area contributed by atoms with Crippen molar-refractivity contribution in [3.8, 4) is 0 Å². The fraction of sp³-hybridized carbons (Fsp3) is 1.00. The third kappa shape index (κ3) is 9.08. The van der Waals surface area contributed by atoms with Crippen molar-refractivity contribution in [2.45, 2.75) is 32.1 Å². The van der Waals surface area contributed by atoms with Crippen LogP contribution < -0.4 is 0 Å². The van der Waals surface area contributed by atoms with Crippen molar-refractivity contribution in [3.63, 3.8) is 0 Å². The van der Waals surface area contributed by atoms with Crippen molar-refractivity contribution >= 4 is 35.2 Å². The van der Waals surface area contributed by atoms with E-state index in [0.717, 1.165) is 5.75 Å². The van der Waals surface area contributed by atoms with Gasteiger partial charge in [0.05, 0.1) is 0 Å². The molecule has 0 fully saturated rings. The van der Waals surface area contributed by atoms with Crippen LogP contribution >= 0.6 is 35.2 Å². The molecule has 2 heteroatoms. The molecule has 0 radical (unpaired) electrons. The van der Waals surface area contributed by atoms with Gasteiger partial charge in [-0.2, -0.15) is 12.6 Å². The molecule has 0 aliphatic carbocycles. The molecule has 0 aromatic heterocycles. The number of thiol groups is 1. The van der Waals surface area contributed by atoms with Gasteiger partial charge in [0.1, 0.15) is 0 Å². The van der Waals surface area contributed by atoms with Crippen LogP contribution in [0.15, 0.2) is 0 Å². The van der Waals surface area contributed by atoms with Gasteiger partial charge in [0.15, 0.2) is 0 Å². The Morgan fingerprint density at radius 1 is 0.889 bits per heavy atom. The Hall–Kier alpha value is 1.08. The first-order valence-electron chi connectivity index (χ1n) is 3.58. The minimum absolute atomic E-state index is 1.06. The lowest BCUT2D eigenvalue weighted by Crippen LogP contribution is -1.79. The summed E-state index contributed by atoms with van der Waals surface area (Å²) in [5.41, 5.74) is 0. The Labute approximate surface area is 77.3 Å². The van der Waals surface area contributed by atoms with Crippen LogP contribution in [0.25, 0.3) is 0 Å². The molecule has 0 amide bonds. The monoisotopic (exact) mass is 258 g/mol. The lowest BCUT2D eigenvalue weighted by molar-refractivity contribution is 0.666. The number of alkyl halides is 1. The van der Waals surface area contributed by atoms with Crippen LogP contribution in [0, 0.1) is 0 Å². The van der Waals surface area contributed by atoms with Gasteiger partial charge in [0, 0.05) is 0 Å². The van der Waals surface area contributed by atoms with Gasteiger partial charge in [0.2, 0.25) is 0 Å². The minimum atomic E-state index is 1.06. The zero-order valence-electron chi connectivity index (χ0n) is 5.77. The van der Waals surface area contributed by atoms with Crippen molar-refractivity contribution in [2.24, 2.45) is 0 Å². The van der Waals surface area contributed by atoms with Crippen molar-refractivity contribution in [2.75, 3.05) is 10.2 Å². The van der Waals surface area contributed by atoms with E-state index in [0.29, 0.717) is 0 Å². The molecule has 0 atom stereocenters. The van der Waals surface area contributed by atoms with E-state index in [1.54, 1.807) is 0 Å². The van der Waals surface area contributed by atoms with Crippen molar-refractivity contribution in [3.05, 3.63) is 0 Å². The van der Waals surface area contributed by atoms with E-state index in [-0.39, 0.29) is 0 Å². The first-order valence-corrected chi connectivity index (χ1v) is 5.74. The molecule has 56 valence electrons. The van der Waals surface area contributed by atoms with Crippen LogP contribution in [-0.4, -0.2) is 10.2 Å². The van der Waals surface area contributed by atoms with E-state index in [2.05, 4.69) is 35.2 Å². The summed E-state index contributed by atoms with van der Waals surface area (Å²) in [6.45, 7) is 0. The molecule has 0 unspecified atom stereocenters. The molecular weight excluding hydrogens is 243 g/mol. The van der Waals surface area contributed by atoms with Crippen LogP contribution in [0.4, 0.5) is 0 Å². The summed E-state index contributed by atoms with van der Waals surface area (Å²) in [6.07, 6.45) is 6.89. The second-order valence-corrected chi connectivity index (χ2v) is 3.71. The lowest BCUT2D eigenvalue weighted by atomic mass is 10.2. The number of hydrogen-bond donors (Lipinski definition) is 1. The first-order chi connectivity index (χ1) is 4.41. The Morgan fingerprint density at radius 3 is 2.00 bits per heavy atom. The van der Waals surface area contributed by atoms with E-state index in [1.165, 1.54) is 36.5 Å². The summed E-state index contributed by atoms with van der Waals surface area (Å²) in [7, 11) is 0. The van der Waals surface area contributed by atoms with Crippen LogP contribution in [0.2, 0.25) is 0 Å². The van der Waals surface area contributed by atoms with Crippen LogP contribution in [0.1, 0.15) is 32.1 Å². The highest BCUT2D eigenvalue weighted by Crippen LogP contribution is 2.04. The predicted molar refractivity (Wildman–Crippen MR) is 55.8 cm³/mol. The third-order valence-corrected chi connectivity index (χ3v) is 2.37. The van der Waals surface area contributed by atoms with Gasteiger partial charge in [-0.3, -0.25) is 0 Å². The van der Waals surface area contributed by atoms with Gasteiger partial charge in [0.25, 0.3) is 0 Å². The van der Waals surface area contributed by atoms with Gasteiger partial charge in [-0.15, -0.1) is 0 Å². The molecule has 0 bridgehead atoms. The van der Waals surface area contributed by atoms with E-state index < -0.39 is 0 Å². The fourth-order valence-corrected chi connectivity index (χ4v) is 1.50. The highest BCUT2D eigenvalue weighted by Gasteiger charge is 1.86. The van der Waals surface area contributed by atoms with E-state index in [9.17, 15) is 0 Å². The molecule has 0 saturated heterocycles. The highest BCUT2D eigenvalue weighted by atomic mass is 127. The molecule has 0 aromatic rings. The first kappa shape index (κ1) is 10.1. The largest absolute Gasteiger partial charge is 0.179 e. The Kier molecular flexibility index (Phi) is 10.2. The van der Waals surface area contributed by atoms with Gasteiger partial charge < -0.3 is 0 Å². The number of hydrogen-bond acceptors (Lipinski definition) is 1. The molecule has 9 heavy (non-hydrogen) atoms. The van der Waals surface area contributed by atoms with Crippen molar-refractivity contribution < 1.29 is 0 Å². The molecule has 0 heterocycles. The van der Waals surface area contributed by atoms with Crippen molar-refractivity contribution in [1.29, 1.82) is 0 Å². The second kappa shape index (κ2) is 9.08. The zero-order chi connectivity index (χ0) is 6.95. The number of rotatable bonds is 6. The van der Waals surface area contributed by atoms with Crippen LogP contribution in [0.5, 0.6) is 0 Å². The van der Waals surface area contributed by atoms with Gasteiger partial charge in [-0.05, 0) is 23.0 Å². The minimum Gasteiger partial charge on any atom is -0.179 e. The zero-order valence-corrected chi connectivity index (χ0v) is 8.83. The summed E-state index contributed by atoms with van der Waals surface area (Å²) in [5.74, 6) is 1.06. The molecule has 0 saturated carbocycles. The van der Waals surface area contributed by atoms with Crippen LogP contribution in [0.3, 0.4) is 0 Å². The average molecular weight is 258 g/mol. The van der Waals surface area contributed by atoms with Gasteiger partial charge in [-0.25, -0.2) is 0 Å². The van der Waals surface area contributed by atoms with Gasteiger partial charge >= 0.3 is 0 Å². The highest BCUT2D eigenvalue weighted by molar-refractivity contribution is 14.1. The number of unbranched alkanes of at least 4 members (excludes halogenated alkanes) is 4. The molecule has 0 aromatic carbocycles. The maximum atomic E-state index is 4.14. The van der Waals surface area contributed by atoms with Crippen molar-refractivity contribution in [1.82, 2.24) is 0 Å². The summed E-state index contributed by atoms with van der Waals surface area (Å²) >= 11 is 6.58. The normalized spacial score (nSPS) is 10.0. The molecule has 0 rings (SSSR count). The Bertz CT molecular complexity index is 42.2. The summed E-state index contributed by atoms with van der Waals surface area (Å²) in [6, 6.07) is 0. The van der Waals surface area contributed by atoms with E-state index in [4.69, 9.17) is 0 Å². The van der Waals surface area contributed by atoms with E-state index in [1.807, 2.05) is 0 Å². The molecule has 0 aliphatic rings. The SMILES string of the molecule is SCCCCCCCI. The predicted octanol–water partition coefficient (Wildman–Crippen LogP) is 3.30. The smallest absolute Gasteiger partial charge is 0.000473 e. The Balaban J connectivity index is 2.60. The molecule has 0 nitrogen and oxygen atoms in total. The second-order valence-electron chi connectivity index (χ2n) is 2.18. The lowest BCUT2D eigenvalue weighted by Gasteiger charge is -1.95. The maximum absolute atomic E-state index is 4.14. The molecular formula is C7H15IS. The summed E-state index contributed by atoms with van der Waals surface area (Å²) < 4.78 is 1.32. The third-order valence-electron chi connectivity index (χ3n) is 1.29. The standard InChI is InChI=1S/C7H15IS/c8-6-4-2-1-3-5-7-9/h9H,1-7H2. The number of halogens is 1. The molecule has 0 spiro atoms. The molecule has 0 aliphatic heterocycles. The summed E-state index contributed by atoms with van der Waals surface area (Å²) in [4.78, 5) is 0. The maximum Gasteiger partial charge on any atom is -0.000473 e. The van der Waals surface area contributed by atoms with Gasteiger partial charge in [-0.1, -0.05) is 41.9 Å². The topological polar surface area (TPSA) is 0 Å². The summed E-state index contributed by atoms with van der Waals surface area (Å²) in [5, 5.41) is 0. The fourth-order valence-electron chi connectivity index (χ4n) is 0.737. The van der Waals surface area contributed by atoms with Crippen LogP contribution in [-0.2, 0) is 0 Å². The van der Waals surface area contributed by atoms with E-state index >= 15 is 0 Å². The average Bonchev–Trinajstić information content (AvgIpc) is 1.89. The Morgan fingerprint density at radius 2 is 1.44 bits per heavy atom. The molecule has 0 N–H and O–H groups in total.